The number of hydrogen-bond donors (Lipinski definition) is 0. The minimum atomic E-state index is -1.50. The molecule has 3 aromatic carbocycles. The normalized spacial score (nSPS) is 22.9. The molecule has 1 spiro atoms. The van der Waals surface area contributed by atoms with Gasteiger partial charge in [0.1, 0.15) is 5.41 Å². The first-order valence-corrected chi connectivity index (χ1v) is 11.9. The van der Waals surface area contributed by atoms with Gasteiger partial charge in [0.15, 0.2) is 28.8 Å². The summed E-state index contributed by atoms with van der Waals surface area (Å²) in [4.78, 5) is 44.2. The Morgan fingerprint density at radius 2 is 1.50 bits per heavy atom. The number of nitrogens with zero attached hydrogens (tertiary/aromatic N) is 1. The van der Waals surface area contributed by atoms with Crippen molar-refractivity contribution in [2.45, 2.75) is 24.9 Å². The van der Waals surface area contributed by atoms with Crippen molar-refractivity contribution in [2.75, 3.05) is 19.1 Å². The van der Waals surface area contributed by atoms with Crippen LogP contribution >= 0.6 is 0 Å². The van der Waals surface area contributed by atoms with E-state index in [0.717, 1.165) is 11.3 Å². The summed E-state index contributed by atoms with van der Waals surface area (Å²) >= 11 is 0. The molecule has 6 heteroatoms. The summed E-state index contributed by atoms with van der Waals surface area (Å²) in [5, 5.41) is 0. The van der Waals surface area contributed by atoms with E-state index in [-0.39, 0.29) is 17.3 Å². The minimum Gasteiger partial charge on any atom is -0.493 e. The van der Waals surface area contributed by atoms with Gasteiger partial charge in [-0.05, 0) is 36.2 Å². The van der Waals surface area contributed by atoms with Crippen LogP contribution in [0, 0.1) is 5.41 Å². The number of para-hydroxylation sites is 1. The highest BCUT2D eigenvalue weighted by molar-refractivity contribution is 6.32. The molecule has 0 amide bonds. The molecule has 3 atom stereocenters. The first-order valence-electron chi connectivity index (χ1n) is 11.9. The summed E-state index contributed by atoms with van der Waals surface area (Å²) in [5.74, 6) is -0.329. The van der Waals surface area contributed by atoms with E-state index in [1.165, 1.54) is 6.92 Å². The van der Waals surface area contributed by atoms with Crippen LogP contribution in [0.3, 0.4) is 0 Å². The van der Waals surface area contributed by atoms with Crippen molar-refractivity contribution in [2.24, 2.45) is 5.41 Å². The number of ether oxygens (including phenoxy) is 2. The van der Waals surface area contributed by atoms with Crippen LogP contribution in [-0.4, -0.2) is 43.7 Å². The molecule has 36 heavy (non-hydrogen) atoms. The lowest BCUT2D eigenvalue weighted by Crippen LogP contribution is -2.48. The molecule has 2 aliphatic heterocycles. The Labute approximate surface area is 209 Å². The van der Waals surface area contributed by atoms with Crippen molar-refractivity contribution in [3.05, 3.63) is 95.1 Å². The summed E-state index contributed by atoms with van der Waals surface area (Å²) < 4.78 is 11.0. The molecule has 1 fully saturated rings. The van der Waals surface area contributed by atoms with Gasteiger partial charge in [-0.3, -0.25) is 14.4 Å². The molecule has 0 unspecified atom stereocenters. The standard InChI is InChI=1S/C30H25NO5/c1-17(32)27-26(19-12-14-23(35-2)24(16-19)36-3)30(28(33)20-9-5-6-10-21(20)29(30)34)25-15-13-18-8-4-7-11-22(18)31(25)27/h4-16,25-27H,1-3H3/t25-,26+,27+/m1/s1. The zero-order valence-corrected chi connectivity index (χ0v) is 20.2. The van der Waals surface area contributed by atoms with Crippen molar-refractivity contribution in [1.82, 2.24) is 0 Å². The number of rotatable bonds is 4. The molecule has 2 heterocycles. The minimum absolute atomic E-state index is 0.113. The van der Waals surface area contributed by atoms with Crippen LogP contribution in [0.5, 0.6) is 11.5 Å². The number of benzene rings is 3. The maximum Gasteiger partial charge on any atom is 0.180 e. The summed E-state index contributed by atoms with van der Waals surface area (Å²) in [6, 6.07) is 18.8. The number of carbonyl (C=O) groups excluding carboxylic acids is 3. The quantitative estimate of drug-likeness (QED) is 0.504. The molecule has 6 rings (SSSR count). The highest BCUT2D eigenvalue weighted by atomic mass is 16.5. The fourth-order valence-corrected chi connectivity index (χ4v) is 6.49. The van der Waals surface area contributed by atoms with E-state index in [1.807, 2.05) is 47.4 Å². The molecule has 0 radical (unpaired) electrons. The van der Waals surface area contributed by atoms with Gasteiger partial charge in [-0.15, -0.1) is 0 Å². The van der Waals surface area contributed by atoms with Gasteiger partial charge in [0.25, 0.3) is 0 Å². The predicted molar refractivity (Wildman–Crippen MR) is 136 cm³/mol. The second-order valence-electron chi connectivity index (χ2n) is 9.49. The van der Waals surface area contributed by atoms with E-state index < -0.39 is 23.4 Å². The largest absolute Gasteiger partial charge is 0.493 e. The zero-order chi connectivity index (χ0) is 25.2. The van der Waals surface area contributed by atoms with Crippen LogP contribution in [0.25, 0.3) is 6.08 Å². The van der Waals surface area contributed by atoms with Crippen molar-refractivity contribution in [1.29, 1.82) is 0 Å². The van der Waals surface area contributed by atoms with Crippen LogP contribution in [0.2, 0.25) is 0 Å². The maximum absolute atomic E-state index is 14.4. The molecule has 0 aromatic heterocycles. The molecule has 3 aromatic rings. The van der Waals surface area contributed by atoms with E-state index in [1.54, 1.807) is 50.6 Å². The maximum atomic E-state index is 14.4. The Hall–Kier alpha value is -4.19. The second-order valence-corrected chi connectivity index (χ2v) is 9.49. The number of carbonyl (C=O) groups is 3. The topological polar surface area (TPSA) is 72.9 Å². The Bertz CT molecular complexity index is 1440. The zero-order valence-electron chi connectivity index (χ0n) is 20.2. The third-order valence-corrected chi connectivity index (χ3v) is 7.90. The number of hydrogen-bond acceptors (Lipinski definition) is 6. The fraction of sp³-hybridized carbons (Fsp3) is 0.233. The molecular formula is C30H25NO5. The SMILES string of the molecule is COc1ccc([C@H]2[C@H](C(C)=O)N3c4ccccc4C=C[C@@H]3C23C(=O)c2ccccc2C3=O)cc1OC. The van der Waals surface area contributed by atoms with Gasteiger partial charge < -0.3 is 14.4 Å². The summed E-state index contributed by atoms with van der Waals surface area (Å²) in [5.41, 5.74) is 1.78. The van der Waals surface area contributed by atoms with Crippen LogP contribution in [0.15, 0.2) is 72.8 Å². The fourth-order valence-electron chi connectivity index (χ4n) is 6.49. The highest BCUT2D eigenvalue weighted by Gasteiger charge is 2.71. The molecule has 1 saturated heterocycles. The van der Waals surface area contributed by atoms with Gasteiger partial charge in [-0.25, -0.2) is 0 Å². The van der Waals surface area contributed by atoms with Gasteiger partial charge in [-0.1, -0.05) is 60.7 Å². The second kappa shape index (κ2) is 7.92. The average molecular weight is 480 g/mol. The van der Waals surface area contributed by atoms with Crippen LogP contribution in [-0.2, 0) is 4.79 Å². The molecule has 1 aliphatic carbocycles. The smallest absolute Gasteiger partial charge is 0.180 e. The third kappa shape index (κ3) is 2.70. The molecule has 0 bridgehead atoms. The first kappa shape index (κ1) is 22.3. The summed E-state index contributed by atoms with van der Waals surface area (Å²) in [6.45, 7) is 1.53. The van der Waals surface area contributed by atoms with Crippen LogP contribution < -0.4 is 14.4 Å². The van der Waals surface area contributed by atoms with Gasteiger partial charge >= 0.3 is 0 Å². The molecule has 6 nitrogen and oxygen atoms in total. The molecule has 3 aliphatic rings. The Balaban J connectivity index is 1.68. The van der Waals surface area contributed by atoms with Crippen molar-refractivity contribution in [3.63, 3.8) is 0 Å². The molecule has 0 N–H and O–H groups in total. The predicted octanol–water partition coefficient (Wildman–Crippen LogP) is 4.73. The van der Waals surface area contributed by atoms with E-state index in [4.69, 9.17) is 9.47 Å². The molecule has 180 valence electrons. The number of Topliss-reactive ketones (excluding diaryl/α,β-unsaturated/α-hetero) is 3. The highest BCUT2D eigenvalue weighted by Crippen LogP contribution is 2.61. The third-order valence-electron chi connectivity index (χ3n) is 7.90. The van der Waals surface area contributed by atoms with Gasteiger partial charge in [0, 0.05) is 22.7 Å². The molecular weight excluding hydrogens is 454 g/mol. The van der Waals surface area contributed by atoms with Crippen molar-refractivity contribution < 1.29 is 23.9 Å². The Morgan fingerprint density at radius 3 is 2.14 bits per heavy atom. The lowest BCUT2D eigenvalue weighted by Gasteiger charge is -2.37. The van der Waals surface area contributed by atoms with E-state index in [9.17, 15) is 14.4 Å². The number of fused-ring (bicyclic) bond motifs is 5. The number of methoxy groups -OCH3 is 2. The first-order chi connectivity index (χ1) is 17.4. The van der Waals surface area contributed by atoms with E-state index >= 15 is 0 Å². The lowest BCUT2D eigenvalue weighted by atomic mass is 9.64. The van der Waals surface area contributed by atoms with Gasteiger partial charge in [0.05, 0.1) is 26.3 Å². The van der Waals surface area contributed by atoms with Crippen molar-refractivity contribution in [3.8, 4) is 11.5 Å². The Kier molecular flexibility index (Phi) is 4.90. The van der Waals surface area contributed by atoms with Crippen LogP contribution in [0.4, 0.5) is 5.69 Å². The van der Waals surface area contributed by atoms with E-state index in [0.29, 0.717) is 28.2 Å². The monoisotopic (exact) mass is 479 g/mol. The number of ketones is 3. The van der Waals surface area contributed by atoms with Crippen LogP contribution in [0.1, 0.15) is 44.7 Å². The summed E-state index contributed by atoms with van der Waals surface area (Å²) in [6.07, 6.45) is 3.87. The van der Waals surface area contributed by atoms with Crippen molar-refractivity contribution >= 4 is 29.1 Å². The molecule has 0 saturated carbocycles. The summed E-state index contributed by atoms with van der Waals surface area (Å²) in [7, 11) is 3.09. The Morgan fingerprint density at radius 1 is 0.861 bits per heavy atom. The van der Waals surface area contributed by atoms with Gasteiger partial charge in [0.2, 0.25) is 0 Å². The number of anilines is 1. The lowest BCUT2D eigenvalue weighted by molar-refractivity contribution is -0.118. The van der Waals surface area contributed by atoms with E-state index in [2.05, 4.69) is 0 Å². The average Bonchev–Trinajstić information content (AvgIpc) is 3.35. The van der Waals surface area contributed by atoms with Gasteiger partial charge in [-0.2, -0.15) is 0 Å².